The van der Waals surface area contributed by atoms with Gasteiger partial charge in [-0.25, -0.2) is 9.97 Å². The standard InChI is InChI=1S/C16H19ClN4O/c1-4-10(2)18-16(22)14-9-15(20-11(3)19-14)21-13-8-6-5-7-12(13)17/h5-10H,4H2,1-3H3,(H,18,22)(H,19,20,21). The van der Waals surface area contributed by atoms with E-state index in [9.17, 15) is 4.79 Å². The monoisotopic (exact) mass is 318 g/mol. The lowest BCUT2D eigenvalue weighted by Crippen LogP contribution is -2.32. The number of amides is 1. The van der Waals surface area contributed by atoms with Crippen molar-refractivity contribution in [2.45, 2.75) is 33.2 Å². The highest BCUT2D eigenvalue weighted by atomic mass is 35.5. The summed E-state index contributed by atoms with van der Waals surface area (Å²) in [5.74, 6) is 0.850. The van der Waals surface area contributed by atoms with Crippen LogP contribution in [0.5, 0.6) is 0 Å². The van der Waals surface area contributed by atoms with Crippen LogP contribution >= 0.6 is 11.6 Å². The van der Waals surface area contributed by atoms with E-state index in [-0.39, 0.29) is 11.9 Å². The van der Waals surface area contributed by atoms with Gasteiger partial charge >= 0.3 is 0 Å². The van der Waals surface area contributed by atoms with Gasteiger partial charge in [0.25, 0.3) is 5.91 Å². The molecule has 1 heterocycles. The molecule has 2 aromatic rings. The molecule has 0 radical (unpaired) electrons. The van der Waals surface area contributed by atoms with Crippen molar-refractivity contribution >= 4 is 29.0 Å². The van der Waals surface area contributed by atoms with Crippen LogP contribution in [0.3, 0.4) is 0 Å². The minimum absolute atomic E-state index is 0.0998. The summed E-state index contributed by atoms with van der Waals surface area (Å²) in [5.41, 5.74) is 1.07. The summed E-state index contributed by atoms with van der Waals surface area (Å²) in [7, 11) is 0. The van der Waals surface area contributed by atoms with Crippen molar-refractivity contribution in [2.75, 3.05) is 5.32 Å². The Morgan fingerprint density at radius 2 is 2.05 bits per heavy atom. The predicted octanol–water partition coefficient (Wildman–Crippen LogP) is 3.71. The molecule has 0 bridgehead atoms. The zero-order valence-corrected chi connectivity index (χ0v) is 13.6. The van der Waals surface area contributed by atoms with Crippen LogP contribution in [0, 0.1) is 6.92 Å². The molecular weight excluding hydrogens is 300 g/mol. The highest BCUT2D eigenvalue weighted by Gasteiger charge is 2.13. The Morgan fingerprint density at radius 3 is 2.73 bits per heavy atom. The number of nitrogens with zero attached hydrogens (tertiary/aromatic N) is 2. The second-order valence-corrected chi connectivity index (χ2v) is 5.48. The number of nitrogens with one attached hydrogen (secondary N) is 2. The van der Waals surface area contributed by atoms with Crippen molar-refractivity contribution in [3.8, 4) is 0 Å². The van der Waals surface area contributed by atoms with E-state index < -0.39 is 0 Å². The summed E-state index contributed by atoms with van der Waals surface area (Å²) in [6, 6.07) is 9.08. The first kappa shape index (κ1) is 16.2. The molecule has 0 saturated heterocycles. The molecule has 0 aliphatic heterocycles. The highest BCUT2D eigenvalue weighted by Crippen LogP contribution is 2.24. The average molecular weight is 319 g/mol. The van der Waals surface area contributed by atoms with Crippen LogP contribution in [0.15, 0.2) is 30.3 Å². The molecule has 1 aromatic heterocycles. The van der Waals surface area contributed by atoms with Crippen LogP contribution in [0.2, 0.25) is 5.02 Å². The first-order chi connectivity index (χ1) is 10.5. The Labute approximate surface area is 135 Å². The normalized spacial score (nSPS) is 11.8. The van der Waals surface area contributed by atoms with Crippen molar-refractivity contribution in [1.82, 2.24) is 15.3 Å². The summed E-state index contributed by atoms with van der Waals surface area (Å²) < 4.78 is 0. The molecular formula is C16H19ClN4O. The van der Waals surface area contributed by atoms with Gasteiger partial charge in [0.1, 0.15) is 17.3 Å². The van der Waals surface area contributed by atoms with Crippen LogP contribution in [-0.4, -0.2) is 21.9 Å². The fourth-order valence-electron chi connectivity index (χ4n) is 1.85. The number of anilines is 2. The third kappa shape index (κ3) is 4.18. The van der Waals surface area contributed by atoms with Gasteiger partial charge in [-0.1, -0.05) is 30.7 Å². The highest BCUT2D eigenvalue weighted by molar-refractivity contribution is 6.33. The number of carbonyl (C=O) groups excluding carboxylic acids is 1. The lowest BCUT2D eigenvalue weighted by molar-refractivity contribution is 0.0934. The largest absolute Gasteiger partial charge is 0.348 e. The smallest absolute Gasteiger partial charge is 0.270 e. The van der Waals surface area contributed by atoms with Gasteiger partial charge in [-0.3, -0.25) is 4.79 Å². The van der Waals surface area contributed by atoms with Crippen LogP contribution in [0.4, 0.5) is 11.5 Å². The fraction of sp³-hybridized carbons (Fsp3) is 0.312. The Balaban J connectivity index is 2.23. The quantitative estimate of drug-likeness (QED) is 0.882. The van der Waals surface area contributed by atoms with Gasteiger partial charge in [0, 0.05) is 12.1 Å². The van der Waals surface area contributed by atoms with Crippen LogP contribution in [-0.2, 0) is 0 Å². The molecule has 1 atom stereocenters. The number of para-hydroxylation sites is 1. The Kier molecular flexibility index (Phi) is 5.33. The van der Waals surface area contributed by atoms with Crippen molar-refractivity contribution in [3.63, 3.8) is 0 Å². The molecule has 1 unspecified atom stereocenters. The Morgan fingerprint density at radius 1 is 1.32 bits per heavy atom. The zero-order chi connectivity index (χ0) is 16.1. The molecule has 0 aliphatic carbocycles. The minimum Gasteiger partial charge on any atom is -0.348 e. The van der Waals surface area contributed by atoms with Gasteiger partial charge < -0.3 is 10.6 Å². The molecule has 116 valence electrons. The molecule has 0 aliphatic rings. The molecule has 0 spiro atoms. The van der Waals surface area contributed by atoms with E-state index in [0.29, 0.717) is 22.4 Å². The van der Waals surface area contributed by atoms with Crippen LogP contribution < -0.4 is 10.6 Å². The van der Waals surface area contributed by atoms with E-state index in [4.69, 9.17) is 11.6 Å². The lowest BCUT2D eigenvalue weighted by atomic mass is 10.2. The summed E-state index contributed by atoms with van der Waals surface area (Å²) in [6.07, 6.45) is 0.862. The third-order valence-corrected chi connectivity index (χ3v) is 3.53. The number of halogens is 1. The number of hydrogen-bond acceptors (Lipinski definition) is 4. The average Bonchev–Trinajstić information content (AvgIpc) is 2.49. The summed E-state index contributed by atoms with van der Waals surface area (Å²) in [4.78, 5) is 20.7. The lowest BCUT2D eigenvalue weighted by Gasteiger charge is -2.12. The summed E-state index contributed by atoms with van der Waals surface area (Å²) in [5, 5.41) is 6.59. The molecule has 0 fully saturated rings. The molecule has 22 heavy (non-hydrogen) atoms. The van der Waals surface area contributed by atoms with Gasteiger partial charge in [-0.2, -0.15) is 0 Å². The molecule has 1 aromatic carbocycles. The maximum absolute atomic E-state index is 12.2. The third-order valence-electron chi connectivity index (χ3n) is 3.20. The fourth-order valence-corrected chi connectivity index (χ4v) is 2.03. The van der Waals surface area contributed by atoms with E-state index in [0.717, 1.165) is 12.1 Å². The van der Waals surface area contributed by atoms with Crippen molar-refractivity contribution in [2.24, 2.45) is 0 Å². The number of aryl methyl sites for hydroxylation is 1. The van der Waals surface area contributed by atoms with E-state index in [1.165, 1.54) is 0 Å². The number of rotatable bonds is 5. The minimum atomic E-state index is -0.206. The second-order valence-electron chi connectivity index (χ2n) is 5.07. The van der Waals surface area contributed by atoms with Gasteiger partial charge in [-0.05, 0) is 32.4 Å². The second kappa shape index (κ2) is 7.22. The zero-order valence-electron chi connectivity index (χ0n) is 12.9. The van der Waals surface area contributed by atoms with Crippen molar-refractivity contribution < 1.29 is 4.79 Å². The van der Waals surface area contributed by atoms with Crippen molar-refractivity contribution in [1.29, 1.82) is 0 Å². The molecule has 5 nitrogen and oxygen atoms in total. The molecule has 6 heteroatoms. The number of aromatic nitrogens is 2. The Hall–Kier alpha value is -2.14. The molecule has 2 N–H and O–H groups in total. The van der Waals surface area contributed by atoms with E-state index in [1.807, 2.05) is 32.0 Å². The summed E-state index contributed by atoms with van der Waals surface area (Å²) in [6.45, 7) is 5.72. The van der Waals surface area contributed by atoms with Crippen molar-refractivity contribution in [3.05, 3.63) is 46.9 Å². The Bertz CT molecular complexity index is 675. The van der Waals surface area contributed by atoms with E-state index in [2.05, 4.69) is 20.6 Å². The van der Waals surface area contributed by atoms with Gasteiger partial charge in [0.2, 0.25) is 0 Å². The van der Waals surface area contributed by atoms with E-state index >= 15 is 0 Å². The van der Waals surface area contributed by atoms with Crippen LogP contribution in [0.1, 0.15) is 36.6 Å². The molecule has 2 rings (SSSR count). The topological polar surface area (TPSA) is 66.9 Å². The molecule has 1 amide bonds. The van der Waals surface area contributed by atoms with Crippen LogP contribution in [0.25, 0.3) is 0 Å². The molecule has 0 saturated carbocycles. The number of benzene rings is 1. The van der Waals surface area contributed by atoms with E-state index in [1.54, 1.807) is 19.1 Å². The first-order valence-corrected chi connectivity index (χ1v) is 7.55. The number of hydrogen-bond donors (Lipinski definition) is 2. The van der Waals surface area contributed by atoms with Gasteiger partial charge in [0.15, 0.2) is 0 Å². The SMILES string of the molecule is CCC(C)NC(=O)c1cc(Nc2ccccc2Cl)nc(C)n1. The van der Waals surface area contributed by atoms with Gasteiger partial charge in [-0.15, -0.1) is 0 Å². The maximum atomic E-state index is 12.2. The summed E-state index contributed by atoms with van der Waals surface area (Å²) >= 11 is 6.12. The number of carbonyl (C=O) groups is 1. The van der Waals surface area contributed by atoms with Gasteiger partial charge in [0.05, 0.1) is 10.7 Å². The maximum Gasteiger partial charge on any atom is 0.270 e. The predicted molar refractivity (Wildman–Crippen MR) is 88.7 cm³/mol. The first-order valence-electron chi connectivity index (χ1n) is 7.17.